The molecular formula is C21H25N3O4S. The largest absolute Gasteiger partial charge is 0.350 e. The van der Waals surface area contributed by atoms with Gasteiger partial charge in [-0.1, -0.05) is 30.3 Å². The van der Waals surface area contributed by atoms with Crippen molar-refractivity contribution < 1.29 is 18.0 Å². The van der Waals surface area contributed by atoms with Gasteiger partial charge in [-0.05, 0) is 49.6 Å². The van der Waals surface area contributed by atoms with Gasteiger partial charge in [-0.15, -0.1) is 0 Å². The van der Waals surface area contributed by atoms with Crippen molar-refractivity contribution in [2.75, 3.05) is 10.6 Å². The Morgan fingerprint density at radius 3 is 2.52 bits per heavy atom. The molecule has 154 valence electrons. The molecule has 8 heteroatoms. The van der Waals surface area contributed by atoms with Gasteiger partial charge in [0.25, 0.3) is 5.91 Å². The first-order valence-electron chi connectivity index (χ1n) is 9.41. The molecule has 2 unspecified atom stereocenters. The van der Waals surface area contributed by atoms with Crippen LogP contribution in [0.2, 0.25) is 0 Å². The molecule has 0 radical (unpaired) electrons. The second-order valence-electron chi connectivity index (χ2n) is 7.35. The highest BCUT2D eigenvalue weighted by Crippen LogP contribution is 2.34. The Bertz CT molecular complexity index is 1020. The molecule has 0 aromatic heterocycles. The SMILES string of the molecule is CC(NC(=O)c1ccc2c(c1)CC(C)N2S(C)(=O)=O)C(=O)NCc1ccccc1. The summed E-state index contributed by atoms with van der Waals surface area (Å²) in [6, 6.07) is 13.5. The van der Waals surface area contributed by atoms with E-state index >= 15 is 0 Å². The van der Waals surface area contributed by atoms with E-state index in [4.69, 9.17) is 0 Å². The summed E-state index contributed by atoms with van der Waals surface area (Å²) in [7, 11) is -3.38. The van der Waals surface area contributed by atoms with Crippen molar-refractivity contribution in [2.45, 2.75) is 38.9 Å². The number of carbonyl (C=O) groups excluding carboxylic acids is 2. The highest BCUT2D eigenvalue weighted by molar-refractivity contribution is 7.92. The van der Waals surface area contributed by atoms with Crippen molar-refractivity contribution in [3.8, 4) is 0 Å². The molecule has 7 nitrogen and oxygen atoms in total. The molecule has 1 aliphatic heterocycles. The second kappa shape index (κ2) is 8.24. The maximum Gasteiger partial charge on any atom is 0.251 e. The minimum Gasteiger partial charge on any atom is -0.350 e. The van der Waals surface area contributed by atoms with Crippen molar-refractivity contribution in [1.82, 2.24) is 10.6 Å². The molecule has 0 saturated carbocycles. The lowest BCUT2D eigenvalue weighted by Crippen LogP contribution is -2.44. The Morgan fingerprint density at radius 1 is 1.17 bits per heavy atom. The number of nitrogens with zero attached hydrogens (tertiary/aromatic N) is 1. The summed E-state index contributed by atoms with van der Waals surface area (Å²) in [4.78, 5) is 24.8. The van der Waals surface area contributed by atoms with Crippen LogP contribution in [0.25, 0.3) is 0 Å². The van der Waals surface area contributed by atoms with Crippen LogP contribution in [0, 0.1) is 0 Å². The number of rotatable bonds is 6. The Balaban J connectivity index is 1.64. The quantitative estimate of drug-likeness (QED) is 0.752. The number of carbonyl (C=O) groups is 2. The molecule has 2 amide bonds. The number of benzene rings is 2. The Hall–Kier alpha value is -2.87. The first-order valence-corrected chi connectivity index (χ1v) is 11.3. The van der Waals surface area contributed by atoms with Gasteiger partial charge in [0, 0.05) is 18.2 Å². The number of fused-ring (bicyclic) bond motifs is 1. The lowest BCUT2D eigenvalue weighted by atomic mass is 10.1. The lowest BCUT2D eigenvalue weighted by molar-refractivity contribution is -0.122. The zero-order valence-electron chi connectivity index (χ0n) is 16.7. The van der Waals surface area contributed by atoms with Crippen molar-refractivity contribution in [3.63, 3.8) is 0 Å². The molecule has 0 aliphatic carbocycles. The lowest BCUT2D eigenvalue weighted by Gasteiger charge is -2.22. The van der Waals surface area contributed by atoms with Crippen LogP contribution in [0.4, 0.5) is 5.69 Å². The van der Waals surface area contributed by atoms with E-state index in [9.17, 15) is 18.0 Å². The van der Waals surface area contributed by atoms with Gasteiger partial charge >= 0.3 is 0 Å². The summed E-state index contributed by atoms with van der Waals surface area (Å²) in [5.41, 5.74) is 2.78. The summed E-state index contributed by atoms with van der Waals surface area (Å²) >= 11 is 0. The van der Waals surface area contributed by atoms with Crippen LogP contribution >= 0.6 is 0 Å². The standard InChI is InChI=1S/C21H25N3O4S/c1-14-11-18-12-17(9-10-19(18)24(14)29(3,27)28)21(26)23-15(2)20(25)22-13-16-7-5-4-6-8-16/h4-10,12,14-15H,11,13H2,1-3H3,(H,22,25)(H,23,26). The molecular weight excluding hydrogens is 390 g/mol. The molecule has 1 heterocycles. The number of amides is 2. The molecule has 0 saturated heterocycles. The topological polar surface area (TPSA) is 95.6 Å². The number of anilines is 1. The van der Waals surface area contributed by atoms with Gasteiger partial charge in [-0.2, -0.15) is 0 Å². The molecule has 1 aliphatic rings. The summed E-state index contributed by atoms with van der Waals surface area (Å²) in [5.74, 6) is -0.652. The molecule has 3 rings (SSSR count). The van der Waals surface area contributed by atoms with Crippen molar-refractivity contribution in [3.05, 3.63) is 65.2 Å². The average Bonchev–Trinajstić information content (AvgIpc) is 3.01. The monoisotopic (exact) mass is 415 g/mol. The summed E-state index contributed by atoms with van der Waals surface area (Å²) in [5, 5.41) is 5.49. The Kier molecular flexibility index (Phi) is 5.93. The normalized spacial score (nSPS) is 16.8. The molecule has 0 bridgehead atoms. The fraction of sp³-hybridized carbons (Fsp3) is 0.333. The van der Waals surface area contributed by atoms with Crippen LogP contribution < -0.4 is 14.9 Å². The maximum absolute atomic E-state index is 12.6. The van der Waals surface area contributed by atoms with Gasteiger partial charge < -0.3 is 10.6 Å². The fourth-order valence-electron chi connectivity index (χ4n) is 3.53. The number of hydrogen-bond donors (Lipinski definition) is 2. The zero-order valence-corrected chi connectivity index (χ0v) is 17.5. The number of sulfonamides is 1. The molecule has 0 fully saturated rings. The fourth-order valence-corrected chi connectivity index (χ4v) is 4.80. The predicted molar refractivity (Wildman–Crippen MR) is 112 cm³/mol. The van der Waals surface area contributed by atoms with Crippen LogP contribution in [0.15, 0.2) is 48.5 Å². The number of nitrogens with one attached hydrogen (secondary N) is 2. The van der Waals surface area contributed by atoms with Gasteiger partial charge in [0.1, 0.15) is 6.04 Å². The van der Waals surface area contributed by atoms with E-state index in [0.717, 1.165) is 11.1 Å². The minimum absolute atomic E-state index is 0.194. The number of hydrogen-bond acceptors (Lipinski definition) is 4. The van der Waals surface area contributed by atoms with E-state index in [1.807, 2.05) is 37.3 Å². The second-order valence-corrected chi connectivity index (χ2v) is 9.21. The summed E-state index contributed by atoms with van der Waals surface area (Å²) < 4.78 is 25.4. The van der Waals surface area contributed by atoms with Crippen LogP contribution in [0.5, 0.6) is 0 Å². The van der Waals surface area contributed by atoms with Crippen molar-refractivity contribution >= 4 is 27.5 Å². The van der Waals surface area contributed by atoms with Crippen molar-refractivity contribution in [1.29, 1.82) is 0 Å². The van der Waals surface area contributed by atoms with Gasteiger partial charge in [-0.25, -0.2) is 8.42 Å². The van der Waals surface area contributed by atoms with E-state index in [1.54, 1.807) is 25.1 Å². The third kappa shape index (κ3) is 4.76. The average molecular weight is 416 g/mol. The van der Waals surface area contributed by atoms with Crippen LogP contribution in [-0.2, 0) is 27.8 Å². The van der Waals surface area contributed by atoms with Gasteiger partial charge in [-0.3, -0.25) is 13.9 Å². The Morgan fingerprint density at radius 2 is 1.86 bits per heavy atom. The van der Waals surface area contributed by atoms with E-state index in [2.05, 4.69) is 10.6 Å². The van der Waals surface area contributed by atoms with Crippen LogP contribution in [0.3, 0.4) is 0 Å². The van der Waals surface area contributed by atoms with E-state index in [0.29, 0.717) is 24.2 Å². The molecule has 29 heavy (non-hydrogen) atoms. The van der Waals surface area contributed by atoms with Crippen LogP contribution in [0.1, 0.15) is 35.3 Å². The molecule has 0 spiro atoms. The van der Waals surface area contributed by atoms with Gasteiger partial charge in [0.2, 0.25) is 15.9 Å². The first-order chi connectivity index (χ1) is 13.7. The van der Waals surface area contributed by atoms with Crippen LogP contribution in [-0.4, -0.2) is 38.6 Å². The van der Waals surface area contributed by atoms with E-state index < -0.39 is 16.1 Å². The maximum atomic E-state index is 12.6. The third-order valence-electron chi connectivity index (χ3n) is 4.90. The van der Waals surface area contributed by atoms with Crippen molar-refractivity contribution in [2.24, 2.45) is 0 Å². The highest BCUT2D eigenvalue weighted by Gasteiger charge is 2.33. The summed E-state index contributed by atoms with van der Waals surface area (Å²) in [6.45, 7) is 3.84. The summed E-state index contributed by atoms with van der Waals surface area (Å²) in [6.07, 6.45) is 1.71. The predicted octanol–water partition coefficient (Wildman–Crippen LogP) is 1.83. The van der Waals surface area contributed by atoms with E-state index in [-0.39, 0.29) is 17.9 Å². The molecule has 2 aromatic rings. The third-order valence-corrected chi connectivity index (χ3v) is 6.17. The molecule has 2 aromatic carbocycles. The molecule has 2 atom stereocenters. The van der Waals surface area contributed by atoms with Gasteiger partial charge in [0.15, 0.2) is 0 Å². The first kappa shape index (κ1) is 20.9. The smallest absolute Gasteiger partial charge is 0.251 e. The molecule has 2 N–H and O–H groups in total. The van der Waals surface area contributed by atoms with E-state index in [1.165, 1.54) is 10.6 Å². The Labute approximate surface area is 171 Å². The highest BCUT2D eigenvalue weighted by atomic mass is 32.2. The minimum atomic E-state index is -3.38. The zero-order chi connectivity index (χ0) is 21.2. The van der Waals surface area contributed by atoms with Gasteiger partial charge in [0.05, 0.1) is 11.9 Å².